The van der Waals surface area contributed by atoms with Gasteiger partial charge in [0.05, 0.1) is 0 Å². The Bertz CT molecular complexity index is 449. The molecule has 1 heterocycles. The summed E-state index contributed by atoms with van der Waals surface area (Å²) in [5.74, 6) is 1.21. The SMILES string of the molecule is CCC1CN(C(=O)c2ccc(C)c(Br)c2)CCS1. The summed E-state index contributed by atoms with van der Waals surface area (Å²) in [7, 11) is 0. The molecule has 98 valence electrons. The standard InChI is InChI=1S/C14H18BrNOS/c1-3-12-9-16(6-7-18-12)14(17)11-5-4-10(2)13(15)8-11/h4-5,8,12H,3,6-7,9H2,1-2H3. The van der Waals surface area contributed by atoms with Gasteiger partial charge in [0.1, 0.15) is 0 Å². The summed E-state index contributed by atoms with van der Waals surface area (Å²) < 4.78 is 1.01. The van der Waals surface area contributed by atoms with E-state index in [-0.39, 0.29) is 5.91 Å². The lowest BCUT2D eigenvalue weighted by Crippen LogP contribution is -2.41. The summed E-state index contributed by atoms with van der Waals surface area (Å²) in [4.78, 5) is 14.4. The highest BCUT2D eigenvalue weighted by Gasteiger charge is 2.23. The lowest BCUT2D eigenvalue weighted by molar-refractivity contribution is 0.0761. The third-order valence-electron chi connectivity index (χ3n) is 3.30. The van der Waals surface area contributed by atoms with Crippen LogP contribution in [0.25, 0.3) is 0 Å². The van der Waals surface area contributed by atoms with E-state index in [2.05, 4.69) is 22.9 Å². The number of thioether (sulfide) groups is 1. The minimum atomic E-state index is 0.162. The van der Waals surface area contributed by atoms with Crippen molar-refractivity contribution in [3.8, 4) is 0 Å². The van der Waals surface area contributed by atoms with Crippen LogP contribution in [0.4, 0.5) is 0 Å². The number of amides is 1. The monoisotopic (exact) mass is 327 g/mol. The van der Waals surface area contributed by atoms with Crippen molar-refractivity contribution >= 4 is 33.6 Å². The molecule has 1 aliphatic rings. The van der Waals surface area contributed by atoms with Crippen LogP contribution in [0.3, 0.4) is 0 Å². The van der Waals surface area contributed by atoms with Crippen LogP contribution >= 0.6 is 27.7 Å². The largest absolute Gasteiger partial charge is 0.337 e. The Morgan fingerprint density at radius 3 is 3.00 bits per heavy atom. The van der Waals surface area contributed by atoms with Gasteiger partial charge in [-0.15, -0.1) is 0 Å². The molecule has 18 heavy (non-hydrogen) atoms. The zero-order valence-corrected chi connectivity index (χ0v) is 13.2. The van der Waals surface area contributed by atoms with Crippen LogP contribution in [0.2, 0.25) is 0 Å². The summed E-state index contributed by atoms with van der Waals surface area (Å²) in [5, 5.41) is 0.594. The maximum absolute atomic E-state index is 12.4. The van der Waals surface area contributed by atoms with Crippen LogP contribution in [0.5, 0.6) is 0 Å². The molecular weight excluding hydrogens is 310 g/mol. The fraction of sp³-hybridized carbons (Fsp3) is 0.500. The number of aryl methyl sites for hydroxylation is 1. The summed E-state index contributed by atoms with van der Waals surface area (Å²) in [5.41, 5.74) is 1.95. The van der Waals surface area contributed by atoms with E-state index in [0.717, 1.165) is 40.9 Å². The molecule has 1 fully saturated rings. The highest BCUT2D eigenvalue weighted by molar-refractivity contribution is 9.10. The lowest BCUT2D eigenvalue weighted by atomic mass is 10.1. The van der Waals surface area contributed by atoms with Crippen molar-refractivity contribution in [3.63, 3.8) is 0 Å². The van der Waals surface area contributed by atoms with Gasteiger partial charge in [-0.25, -0.2) is 0 Å². The van der Waals surface area contributed by atoms with E-state index >= 15 is 0 Å². The third-order valence-corrected chi connectivity index (χ3v) is 5.53. The first-order valence-electron chi connectivity index (χ1n) is 6.29. The van der Waals surface area contributed by atoms with Crippen molar-refractivity contribution in [3.05, 3.63) is 33.8 Å². The van der Waals surface area contributed by atoms with E-state index in [0.29, 0.717) is 5.25 Å². The van der Waals surface area contributed by atoms with Gasteiger partial charge >= 0.3 is 0 Å². The van der Waals surface area contributed by atoms with Crippen LogP contribution < -0.4 is 0 Å². The van der Waals surface area contributed by atoms with Crippen molar-refractivity contribution in [2.45, 2.75) is 25.5 Å². The molecule has 2 rings (SSSR count). The van der Waals surface area contributed by atoms with E-state index in [9.17, 15) is 4.79 Å². The Kier molecular flexibility index (Phi) is 4.73. The van der Waals surface area contributed by atoms with Gasteiger partial charge in [0.15, 0.2) is 0 Å². The van der Waals surface area contributed by atoms with Gasteiger partial charge in [-0.05, 0) is 31.0 Å². The molecule has 1 unspecified atom stereocenters. The number of carbonyl (C=O) groups is 1. The Labute approximate surface area is 121 Å². The minimum Gasteiger partial charge on any atom is -0.337 e. The van der Waals surface area contributed by atoms with E-state index in [1.54, 1.807) is 0 Å². The predicted octanol–water partition coefficient (Wildman–Crippen LogP) is 3.73. The van der Waals surface area contributed by atoms with Gasteiger partial charge in [-0.2, -0.15) is 11.8 Å². The van der Waals surface area contributed by atoms with Crippen LogP contribution in [-0.4, -0.2) is 34.9 Å². The molecule has 1 aliphatic heterocycles. The van der Waals surface area contributed by atoms with E-state index in [1.165, 1.54) is 0 Å². The second-order valence-corrected chi connectivity index (χ2v) is 6.88. The zero-order chi connectivity index (χ0) is 13.1. The first-order valence-corrected chi connectivity index (χ1v) is 8.13. The number of hydrogen-bond donors (Lipinski definition) is 0. The van der Waals surface area contributed by atoms with Crippen LogP contribution in [-0.2, 0) is 0 Å². The summed E-state index contributed by atoms with van der Waals surface area (Å²) in [6.45, 7) is 5.97. The Balaban J connectivity index is 2.12. The fourth-order valence-electron chi connectivity index (χ4n) is 2.06. The Morgan fingerprint density at radius 1 is 1.56 bits per heavy atom. The van der Waals surface area contributed by atoms with Gasteiger partial charge in [0, 0.05) is 34.1 Å². The average molecular weight is 328 g/mol. The Hall–Kier alpha value is -0.480. The van der Waals surface area contributed by atoms with E-state index in [1.807, 2.05) is 41.8 Å². The van der Waals surface area contributed by atoms with Gasteiger partial charge in [-0.3, -0.25) is 4.79 Å². The van der Waals surface area contributed by atoms with E-state index < -0.39 is 0 Å². The molecule has 1 atom stereocenters. The van der Waals surface area contributed by atoms with Crippen molar-refractivity contribution in [1.82, 2.24) is 4.90 Å². The van der Waals surface area contributed by atoms with Crippen LogP contribution in [0, 0.1) is 6.92 Å². The number of carbonyl (C=O) groups excluding carboxylic acids is 1. The highest BCUT2D eigenvalue weighted by atomic mass is 79.9. The molecule has 1 aromatic rings. The third kappa shape index (κ3) is 3.09. The van der Waals surface area contributed by atoms with Gasteiger partial charge in [0.2, 0.25) is 0 Å². The van der Waals surface area contributed by atoms with Crippen molar-refractivity contribution in [1.29, 1.82) is 0 Å². The van der Waals surface area contributed by atoms with Gasteiger partial charge < -0.3 is 4.90 Å². The molecule has 0 aliphatic carbocycles. The van der Waals surface area contributed by atoms with E-state index in [4.69, 9.17) is 0 Å². The Morgan fingerprint density at radius 2 is 2.33 bits per heavy atom. The smallest absolute Gasteiger partial charge is 0.253 e. The minimum absolute atomic E-state index is 0.162. The van der Waals surface area contributed by atoms with Gasteiger partial charge in [0.25, 0.3) is 5.91 Å². The first-order chi connectivity index (χ1) is 8.61. The van der Waals surface area contributed by atoms with Crippen molar-refractivity contribution < 1.29 is 4.79 Å². The maximum Gasteiger partial charge on any atom is 0.253 e. The predicted molar refractivity (Wildman–Crippen MR) is 81.3 cm³/mol. The second kappa shape index (κ2) is 6.11. The molecule has 1 amide bonds. The molecule has 1 saturated heterocycles. The van der Waals surface area contributed by atoms with Crippen molar-refractivity contribution in [2.24, 2.45) is 0 Å². The number of nitrogens with zero attached hydrogens (tertiary/aromatic N) is 1. The average Bonchev–Trinajstić information content (AvgIpc) is 2.41. The molecule has 0 saturated carbocycles. The second-order valence-electron chi connectivity index (χ2n) is 4.62. The quantitative estimate of drug-likeness (QED) is 0.825. The molecule has 1 aromatic carbocycles. The topological polar surface area (TPSA) is 20.3 Å². The summed E-state index contributed by atoms with van der Waals surface area (Å²) >= 11 is 5.47. The van der Waals surface area contributed by atoms with Gasteiger partial charge in [-0.1, -0.05) is 28.9 Å². The zero-order valence-electron chi connectivity index (χ0n) is 10.8. The summed E-state index contributed by atoms with van der Waals surface area (Å²) in [6.07, 6.45) is 1.13. The normalized spacial score (nSPS) is 19.9. The van der Waals surface area contributed by atoms with Crippen LogP contribution in [0.1, 0.15) is 29.3 Å². The fourth-order valence-corrected chi connectivity index (χ4v) is 3.62. The molecule has 0 N–H and O–H groups in total. The number of halogens is 1. The summed E-state index contributed by atoms with van der Waals surface area (Å²) in [6, 6.07) is 5.85. The molecule has 0 spiro atoms. The highest BCUT2D eigenvalue weighted by Crippen LogP contribution is 2.24. The molecular formula is C14H18BrNOS. The number of hydrogen-bond acceptors (Lipinski definition) is 2. The van der Waals surface area contributed by atoms with Crippen LogP contribution in [0.15, 0.2) is 22.7 Å². The molecule has 0 aromatic heterocycles. The maximum atomic E-state index is 12.4. The molecule has 0 bridgehead atoms. The molecule has 4 heteroatoms. The molecule has 0 radical (unpaired) electrons. The molecule has 2 nitrogen and oxygen atoms in total. The number of rotatable bonds is 2. The number of benzene rings is 1. The first kappa shape index (κ1) is 13.9. The lowest BCUT2D eigenvalue weighted by Gasteiger charge is -2.32. The van der Waals surface area contributed by atoms with Crippen molar-refractivity contribution in [2.75, 3.05) is 18.8 Å².